The zero-order valence-electron chi connectivity index (χ0n) is 21.7. The van der Waals surface area contributed by atoms with Crippen molar-refractivity contribution in [2.75, 3.05) is 26.3 Å². The Morgan fingerprint density at radius 3 is 2.76 bits per heavy atom. The molecule has 7 heteroatoms. The molecule has 7 nitrogen and oxygen atoms in total. The van der Waals surface area contributed by atoms with Gasteiger partial charge in [0.05, 0.1) is 47.9 Å². The molecule has 5 heterocycles. The van der Waals surface area contributed by atoms with Crippen molar-refractivity contribution in [3.63, 3.8) is 0 Å². The second-order valence-electron chi connectivity index (χ2n) is 10.7. The average molecular weight is 495 g/mol. The fourth-order valence-electron chi connectivity index (χ4n) is 6.26. The maximum atomic E-state index is 5.57. The van der Waals surface area contributed by atoms with Crippen LogP contribution in [0.25, 0.3) is 27.9 Å². The predicted molar refractivity (Wildman–Crippen MR) is 145 cm³/mol. The maximum absolute atomic E-state index is 5.57. The number of aromatic nitrogens is 5. The number of hydrogen-bond donors (Lipinski definition) is 0. The highest BCUT2D eigenvalue weighted by molar-refractivity contribution is 5.88. The molecule has 0 N–H and O–H groups in total. The van der Waals surface area contributed by atoms with Gasteiger partial charge in [0.1, 0.15) is 0 Å². The largest absolute Gasteiger partial charge is 0.379 e. The SMILES string of the molecule is CCC(C)n1nc(-c2cnc3ccn(Cc4ccccn4)c3c2)cc1C1=C2CC(N3CCOCC3)C[C@H]21. The van der Waals surface area contributed by atoms with Gasteiger partial charge in [0, 0.05) is 55.2 Å². The lowest BCUT2D eigenvalue weighted by Gasteiger charge is -2.32. The summed E-state index contributed by atoms with van der Waals surface area (Å²) >= 11 is 0. The minimum atomic E-state index is 0.359. The van der Waals surface area contributed by atoms with E-state index in [1.807, 2.05) is 24.5 Å². The highest BCUT2D eigenvalue weighted by Gasteiger charge is 2.48. The molecule has 3 atom stereocenters. The van der Waals surface area contributed by atoms with Crippen molar-refractivity contribution >= 4 is 16.6 Å². The molecule has 190 valence electrons. The topological polar surface area (TPSA) is 61.0 Å². The van der Waals surface area contributed by atoms with Crippen LogP contribution >= 0.6 is 0 Å². The number of ether oxygens (including phenoxy) is 1. The number of nitrogens with zero attached hydrogens (tertiary/aromatic N) is 6. The van der Waals surface area contributed by atoms with E-state index in [1.165, 1.54) is 18.5 Å². The van der Waals surface area contributed by atoms with Crippen molar-refractivity contribution in [3.05, 3.63) is 71.9 Å². The van der Waals surface area contributed by atoms with Crippen LogP contribution in [0.2, 0.25) is 0 Å². The average Bonchev–Trinajstić information content (AvgIpc) is 3.35. The minimum absolute atomic E-state index is 0.359. The molecule has 1 saturated heterocycles. The van der Waals surface area contributed by atoms with Crippen molar-refractivity contribution in [2.24, 2.45) is 5.92 Å². The van der Waals surface area contributed by atoms with Crippen LogP contribution in [-0.2, 0) is 11.3 Å². The van der Waals surface area contributed by atoms with Gasteiger partial charge in [0.2, 0.25) is 0 Å². The van der Waals surface area contributed by atoms with Crippen LogP contribution in [0.1, 0.15) is 50.5 Å². The summed E-state index contributed by atoms with van der Waals surface area (Å²) in [5.41, 5.74) is 9.75. The summed E-state index contributed by atoms with van der Waals surface area (Å²) in [5.74, 6) is 0.636. The zero-order valence-corrected chi connectivity index (χ0v) is 21.7. The van der Waals surface area contributed by atoms with E-state index in [0.717, 1.165) is 67.3 Å². The van der Waals surface area contributed by atoms with Gasteiger partial charge in [0.15, 0.2) is 0 Å². The molecule has 3 aliphatic rings. The monoisotopic (exact) mass is 494 g/mol. The first-order valence-electron chi connectivity index (χ1n) is 13.7. The van der Waals surface area contributed by atoms with Gasteiger partial charge in [-0.15, -0.1) is 0 Å². The normalized spacial score (nSPS) is 22.5. The quantitative estimate of drug-likeness (QED) is 0.354. The second-order valence-corrected chi connectivity index (χ2v) is 10.7. The highest BCUT2D eigenvalue weighted by atomic mass is 16.5. The molecule has 1 aliphatic heterocycles. The van der Waals surface area contributed by atoms with E-state index in [1.54, 1.807) is 11.1 Å². The van der Waals surface area contributed by atoms with Crippen LogP contribution < -0.4 is 0 Å². The van der Waals surface area contributed by atoms with Crippen LogP contribution in [0.4, 0.5) is 0 Å². The Balaban J connectivity index is 1.20. The van der Waals surface area contributed by atoms with Crippen LogP contribution in [0, 0.1) is 5.92 Å². The third-order valence-corrected chi connectivity index (χ3v) is 8.55. The van der Waals surface area contributed by atoms with Crippen molar-refractivity contribution < 1.29 is 4.74 Å². The molecule has 1 saturated carbocycles. The number of morpholine rings is 1. The fourth-order valence-corrected chi connectivity index (χ4v) is 6.26. The molecule has 0 aromatic carbocycles. The van der Waals surface area contributed by atoms with Crippen LogP contribution in [0.5, 0.6) is 0 Å². The lowest BCUT2D eigenvalue weighted by Crippen LogP contribution is -2.42. The van der Waals surface area contributed by atoms with E-state index in [0.29, 0.717) is 18.0 Å². The van der Waals surface area contributed by atoms with Crippen molar-refractivity contribution in [3.8, 4) is 11.3 Å². The minimum Gasteiger partial charge on any atom is -0.379 e. The van der Waals surface area contributed by atoms with Crippen molar-refractivity contribution in [2.45, 2.75) is 51.7 Å². The summed E-state index contributed by atoms with van der Waals surface area (Å²) < 4.78 is 10.1. The van der Waals surface area contributed by atoms with Gasteiger partial charge in [-0.05, 0) is 62.1 Å². The smallest absolute Gasteiger partial charge is 0.0946 e. The van der Waals surface area contributed by atoms with Gasteiger partial charge in [-0.25, -0.2) is 0 Å². The molecule has 37 heavy (non-hydrogen) atoms. The van der Waals surface area contributed by atoms with Gasteiger partial charge < -0.3 is 9.30 Å². The Labute approximate surface area is 217 Å². The van der Waals surface area contributed by atoms with E-state index in [-0.39, 0.29) is 0 Å². The van der Waals surface area contributed by atoms with Crippen LogP contribution in [-0.4, -0.2) is 61.6 Å². The van der Waals surface area contributed by atoms with Crippen molar-refractivity contribution in [1.82, 2.24) is 29.2 Å². The van der Waals surface area contributed by atoms with Gasteiger partial charge in [-0.2, -0.15) is 5.10 Å². The lowest BCUT2D eigenvalue weighted by atomic mass is 10.1. The van der Waals surface area contributed by atoms with Gasteiger partial charge >= 0.3 is 0 Å². The third kappa shape index (κ3) is 4.10. The second kappa shape index (κ2) is 9.23. The Bertz CT molecular complexity index is 1460. The summed E-state index contributed by atoms with van der Waals surface area (Å²) in [6, 6.07) is 13.7. The molecular formula is C30H34N6O. The summed E-state index contributed by atoms with van der Waals surface area (Å²) in [6.07, 6.45) is 9.43. The molecule has 2 unspecified atom stereocenters. The summed E-state index contributed by atoms with van der Waals surface area (Å²) in [4.78, 5) is 11.9. The summed E-state index contributed by atoms with van der Waals surface area (Å²) in [5, 5.41) is 5.15. The Kier molecular flexibility index (Phi) is 5.70. The fraction of sp³-hybridized carbons (Fsp3) is 0.433. The molecule has 0 radical (unpaired) electrons. The van der Waals surface area contributed by atoms with E-state index < -0.39 is 0 Å². The third-order valence-electron chi connectivity index (χ3n) is 8.55. The van der Waals surface area contributed by atoms with Gasteiger partial charge in [0.25, 0.3) is 0 Å². The van der Waals surface area contributed by atoms with Gasteiger partial charge in [-0.3, -0.25) is 19.5 Å². The molecular weight excluding hydrogens is 460 g/mol. The standard InChI is InChI=1S/C30H34N6O/c1-3-20(2)36-29(30-24-15-23(16-25(24)30)34-10-12-37-13-11-34)17-27(33-36)21-14-28-26(32-18-21)7-9-35(28)19-22-6-4-5-8-31-22/h4-9,14,17-18,20,23-24H,3,10-13,15-16,19H2,1-2H3/t20?,23?,24-/m1/s1. The summed E-state index contributed by atoms with van der Waals surface area (Å²) in [6.45, 7) is 9.15. The molecule has 4 aromatic heterocycles. The molecule has 2 aliphatic carbocycles. The van der Waals surface area contributed by atoms with Crippen LogP contribution in [0.15, 0.2) is 60.6 Å². The number of pyridine rings is 2. The first-order chi connectivity index (χ1) is 18.2. The molecule has 0 spiro atoms. The number of fused-ring (bicyclic) bond motifs is 2. The van der Waals surface area contributed by atoms with E-state index in [4.69, 9.17) is 14.8 Å². The molecule has 0 bridgehead atoms. The van der Waals surface area contributed by atoms with E-state index >= 15 is 0 Å². The molecule has 0 amide bonds. The Morgan fingerprint density at radius 2 is 2.00 bits per heavy atom. The summed E-state index contributed by atoms with van der Waals surface area (Å²) in [7, 11) is 0. The number of rotatable bonds is 7. The molecule has 7 rings (SSSR count). The lowest BCUT2D eigenvalue weighted by molar-refractivity contribution is 0.0177. The number of hydrogen-bond acceptors (Lipinski definition) is 5. The first kappa shape index (κ1) is 22.9. The number of allylic oxidation sites excluding steroid dienone is 1. The van der Waals surface area contributed by atoms with Crippen molar-refractivity contribution in [1.29, 1.82) is 0 Å². The van der Waals surface area contributed by atoms with E-state index in [2.05, 4.69) is 63.4 Å². The molecule has 2 fully saturated rings. The van der Waals surface area contributed by atoms with E-state index in [9.17, 15) is 0 Å². The maximum Gasteiger partial charge on any atom is 0.0946 e. The predicted octanol–water partition coefficient (Wildman–Crippen LogP) is 5.19. The van der Waals surface area contributed by atoms with Gasteiger partial charge in [-0.1, -0.05) is 18.6 Å². The highest BCUT2D eigenvalue weighted by Crippen LogP contribution is 2.58. The van der Waals surface area contributed by atoms with Crippen LogP contribution in [0.3, 0.4) is 0 Å². The first-order valence-corrected chi connectivity index (χ1v) is 13.7. The Hall–Kier alpha value is -3.29. The zero-order chi connectivity index (χ0) is 24.9. The molecule has 4 aromatic rings. The Morgan fingerprint density at radius 1 is 1.11 bits per heavy atom.